The molecule has 0 atom stereocenters. The van der Waals surface area contributed by atoms with Crippen LogP contribution >= 0.6 is 0 Å². The van der Waals surface area contributed by atoms with Crippen molar-refractivity contribution in [3.05, 3.63) is 66.2 Å². The van der Waals surface area contributed by atoms with Crippen LogP contribution in [0.4, 0.5) is 0 Å². The summed E-state index contributed by atoms with van der Waals surface area (Å²) in [5.41, 5.74) is 7.95. The first kappa shape index (κ1) is 19.2. The Balaban J connectivity index is 1.96. The molecule has 0 unspecified atom stereocenters. The number of nitrogens with zero attached hydrogens (tertiary/aromatic N) is 1. The van der Waals surface area contributed by atoms with Crippen LogP contribution < -0.4 is 25.3 Å². The van der Waals surface area contributed by atoms with Crippen molar-refractivity contribution in [1.82, 2.24) is 5.32 Å². The van der Waals surface area contributed by atoms with Gasteiger partial charge in [-0.2, -0.15) is 0 Å². The lowest BCUT2D eigenvalue weighted by atomic mass is 10.2. The number of nitrogens with one attached hydrogen (secondary N) is 1. The van der Waals surface area contributed by atoms with E-state index >= 15 is 0 Å². The molecule has 2 aromatic carbocycles. The summed E-state index contributed by atoms with van der Waals surface area (Å²) >= 11 is 0. The summed E-state index contributed by atoms with van der Waals surface area (Å²) in [4.78, 5) is 4.36. The highest BCUT2D eigenvalue weighted by Crippen LogP contribution is 2.27. The molecular formula is C20H25N3O3. The molecule has 0 saturated carbocycles. The summed E-state index contributed by atoms with van der Waals surface area (Å²) in [6, 6.07) is 13.4. The highest BCUT2D eigenvalue weighted by molar-refractivity contribution is 5.77. The lowest BCUT2D eigenvalue weighted by Gasteiger charge is -2.11. The monoisotopic (exact) mass is 355 g/mol. The number of hydrogen-bond acceptors (Lipinski definition) is 4. The largest absolute Gasteiger partial charge is 0.493 e. The van der Waals surface area contributed by atoms with Crippen molar-refractivity contribution < 1.29 is 14.2 Å². The van der Waals surface area contributed by atoms with E-state index in [4.69, 9.17) is 19.9 Å². The number of guanidine groups is 1. The van der Waals surface area contributed by atoms with Crippen molar-refractivity contribution in [3.63, 3.8) is 0 Å². The third-order valence-electron chi connectivity index (χ3n) is 3.67. The Bertz CT molecular complexity index is 760. The van der Waals surface area contributed by atoms with E-state index in [1.54, 1.807) is 20.3 Å². The lowest BCUT2D eigenvalue weighted by molar-refractivity contribution is 0.354. The molecule has 0 aliphatic rings. The molecule has 138 valence electrons. The van der Waals surface area contributed by atoms with E-state index in [2.05, 4.69) is 16.9 Å². The summed E-state index contributed by atoms with van der Waals surface area (Å²) in [5, 5.41) is 3.10. The molecule has 0 heterocycles. The van der Waals surface area contributed by atoms with Gasteiger partial charge in [0.15, 0.2) is 17.5 Å². The van der Waals surface area contributed by atoms with E-state index in [-0.39, 0.29) is 0 Å². The minimum absolute atomic E-state index is 0.360. The first-order chi connectivity index (χ1) is 12.7. The average molecular weight is 355 g/mol. The van der Waals surface area contributed by atoms with Crippen molar-refractivity contribution in [3.8, 4) is 17.2 Å². The van der Waals surface area contributed by atoms with Gasteiger partial charge in [0.1, 0.15) is 12.4 Å². The number of aliphatic imine (C=N–C) groups is 1. The van der Waals surface area contributed by atoms with Gasteiger partial charge in [-0.05, 0) is 23.8 Å². The van der Waals surface area contributed by atoms with Crippen LogP contribution in [0.5, 0.6) is 17.2 Å². The SMILES string of the molecule is C=CCOc1ccccc1CNC(N)=NCc1ccc(OC)c(OC)c1. The second-order valence-electron chi connectivity index (χ2n) is 5.45. The summed E-state index contributed by atoms with van der Waals surface area (Å²) < 4.78 is 16.2. The zero-order chi connectivity index (χ0) is 18.8. The first-order valence-electron chi connectivity index (χ1n) is 8.24. The van der Waals surface area contributed by atoms with Crippen LogP contribution in [0.15, 0.2) is 60.1 Å². The highest BCUT2D eigenvalue weighted by atomic mass is 16.5. The molecule has 0 radical (unpaired) electrons. The number of ether oxygens (including phenoxy) is 3. The Hall–Kier alpha value is -3.15. The van der Waals surface area contributed by atoms with Gasteiger partial charge in [-0.1, -0.05) is 36.9 Å². The van der Waals surface area contributed by atoms with Crippen LogP contribution in [0.25, 0.3) is 0 Å². The number of benzene rings is 2. The van der Waals surface area contributed by atoms with E-state index in [0.29, 0.717) is 37.2 Å². The molecular weight excluding hydrogens is 330 g/mol. The molecule has 26 heavy (non-hydrogen) atoms. The topological polar surface area (TPSA) is 78.1 Å². The van der Waals surface area contributed by atoms with Crippen molar-refractivity contribution in [1.29, 1.82) is 0 Å². The van der Waals surface area contributed by atoms with Gasteiger partial charge >= 0.3 is 0 Å². The van der Waals surface area contributed by atoms with E-state index in [9.17, 15) is 0 Å². The van der Waals surface area contributed by atoms with E-state index < -0.39 is 0 Å². The average Bonchev–Trinajstić information content (AvgIpc) is 2.69. The Kier molecular flexibility index (Phi) is 7.36. The van der Waals surface area contributed by atoms with Crippen molar-refractivity contribution in [2.75, 3.05) is 20.8 Å². The maximum atomic E-state index is 5.97. The molecule has 0 bridgehead atoms. The molecule has 6 heteroatoms. The summed E-state index contributed by atoms with van der Waals surface area (Å²) in [6.45, 7) is 5.08. The van der Waals surface area contributed by atoms with Gasteiger partial charge in [-0.3, -0.25) is 0 Å². The van der Waals surface area contributed by atoms with E-state index in [0.717, 1.165) is 16.9 Å². The van der Waals surface area contributed by atoms with Gasteiger partial charge in [0.05, 0.1) is 20.8 Å². The molecule has 0 aliphatic heterocycles. The van der Waals surface area contributed by atoms with Gasteiger partial charge in [0.25, 0.3) is 0 Å². The number of para-hydroxylation sites is 1. The second-order valence-corrected chi connectivity index (χ2v) is 5.45. The number of nitrogens with two attached hydrogens (primary N) is 1. The van der Waals surface area contributed by atoms with Gasteiger partial charge in [0, 0.05) is 12.1 Å². The maximum Gasteiger partial charge on any atom is 0.189 e. The molecule has 0 saturated heterocycles. The molecule has 6 nitrogen and oxygen atoms in total. The van der Waals surface area contributed by atoms with Crippen molar-refractivity contribution in [2.24, 2.45) is 10.7 Å². The molecule has 0 fully saturated rings. The fourth-order valence-corrected chi connectivity index (χ4v) is 2.34. The predicted octanol–water partition coefficient (Wildman–Crippen LogP) is 2.87. The van der Waals surface area contributed by atoms with E-state index in [1.807, 2.05) is 42.5 Å². The van der Waals surface area contributed by atoms with Crippen LogP contribution in [-0.4, -0.2) is 26.8 Å². The van der Waals surface area contributed by atoms with Crippen molar-refractivity contribution >= 4 is 5.96 Å². The standard InChI is InChI=1S/C20H25N3O3/c1-4-11-26-17-8-6-5-7-16(17)14-23-20(21)22-13-15-9-10-18(24-2)19(12-15)25-3/h4-10,12H,1,11,13-14H2,2-3H3,(H3,21,22,23). The summed E-state index contributed by atoms with van der Waals surface area (Å²) in [5.74, 6) is 2.51. The quantitative estimate of drug-likeness (QED) is 0.411. The number of rotatable bonds is 9. The van der Waals surface area contributed by atoms with Gasteiger partial charge in [0.2, 0.25) is 0 Å². The normalized spacial score (nSPS) is 10.9. The Morgan fingerprint density at radius 2 is 1.88 bits per heavy atom. The molecule has 2 rings (SSSR count). The van der Waals surface area contributed by atoms with Crippen LogP contribution in [0.3, 0.4) is 0 Å². The molecule has 0 aromatic heterocycles. The smallest absolute Gasteiger partial charge is 0.189 e. The fourth-order valence-electron chi connectivity index (χ4n) is 2.34. The van der Waals surface area contributed by atoms with Crippen LogP contribution in [0.2, 0.25) is 0 Å². The van der Waals surface area contributed by atoms with Crippen LogP contribution in [0.1, 0.15) is 11.1 Å². The minimum Gasteiger partial charge on any atom is -0.493 e. The van der Waals surface area contributed by atoms with Gasteiger partial charge in [-0.15, -0.1) is 0 Å². The Morgan fingerprint density at radius 3 is 2.62 bits per heavy atom. The highest BCUT2D eigenvalue weighted by Gasteiger charge is 2.05. The minimum atomic E-state index is 0.360. The van der Waals surface area contributed by atoms with Crippen molar-refractivity contribution in [2.45, 2.75) is 13.1 Å². The Morgan fingerprint density at radius 1 is 1.12 bits per heavy atom. The van der Waals surface area contributed by atoms with E-state index in [1.165, 1.54) is 0 Å². The molecule has 2 aromatic rings. The van der Waals surface area contributed by atoms with Crippen LogP contribution in [-0.2, 0) is 13.1 Å². The molecule has 0 amide bonds. The maximum absolute atomic E-state index is 5.97. The molecule has 0 spiro atoms. The zero-order valence-electron chi connectivity index (χ0n) is 15.2. The number of hydrogen-bond donors (Lipinski definition) is 2. The number of methoxy groups -OCH3 is 2. The van der Waals surface area contributed by atoms with Gasteiger partial charge in [-0.25, -0.2) is 4.99 Å². The summed E-state index contributed by atoms with van der Waals surface area (Å²) in [7, 11) is 3.21. The predicted molar refractivity (Wildman–Crippen MR) is 104 cm³/mol. The lowest BCUT2D eigenvalue weighted by Crippen LogP contribution is -2.31. The molecule has 0 aliphatic carbocycles. The fraction of sp³-hybridized carbons (Fsp3) is 0.250. The zero-order valence-corrected chi connectivity index (χ0v) is 15.2. The Labute approximate surface area is 154 Å². The third kappa shape index (κ3) is 5.44. The third-order valence-corrected chi connectivity index (χ3v) is 3.67. The molecule has 3 N–H and O–H groups in total. The van der Waals surface area contributed by atoms with Gasteiger partial charge < -0.3 is 25.3 Å². The van der Waals surface area contributed by atoms with Crippen LogP contribution in [0, 0.1) is 0 Å². The summed E-state index contributed by atoms with van der Waals surface area (Å²) in [6.07, 6.45) is 1.71. The second kappa shape index (κ2) is 9.98. The first-order valence-corrected chi connectivity index (χ1v) is 8.24.